The van der Waals surface area contributed by atoms with Gasteiger partial charge in [-0.15, -0.1) is 0 Å². The summed E-state index contributed by atoms with van der Waals surface area (Å²) in [6, 6.07) is 30.7. The molecule has 9 nitrogen and oxygen atoms in total. The Morgan fingerprint density at radius 3 is 2.08 bits per heavy atom. The number of carboxylic acid groups (broad SMARTS) is 1. The Balaban J connectivity index is 1.55. The van der Waals surface area contributed by atoms with Gasteiger partial charge in [-0.25, -0.2) is 17.9 Å². The molecule has 5 rings (SSSR count). The largest absolute Gasteiger partial charge is 0.478 e. The third-order valence-corrected chi connectivity index (χ3v) is 9.63. The van der Waals surface area contributed by atoms with Crippen LogP contribution in [0.3, 0.4) is 0 Å². The maximum absolute atomic E-state index is 13.5. The Labute approximate surface area is 224 Å². The molecule has 0 aliphatic rings. The lowest BCUT2D eigenvalue weighted by molar-refractivity contribution is 0.0697. The smallest absolute Gasteiger partial charge is 0.335 e. The first-order chi connectivity index (χ1) is 18.3. The first kappa shape index (κ1) is 25.5. The van der Waals surface area contributed by atoms with Gasteiger partial charge in [-0.3, -0.25) is 4.72 Å². The number of rotatable bonds is 8. The molecular weight excluding hydrogens is 541 g/mol. The molecule has 0 unspecified atom stereocenters. The van der Waals surface area contributed by atoms with Gasteiger partial charge in [0.1, 0.15) is 0 Å². The number of carboxylic acids is 1. The second-order valence-electron chi connectivity index (χ2n) is 8.10. The highest BCUT2D eigenvalue weighted by Crippen LogP contribution is 2.33. The van der Waals surface area contributed by atoms with Gasteiger partial charge in [0.25, 0.3) is 10.0 Å². The number of aromatic carboxylic acids is 1. The third-order valence-electron chi connectivity index (χ3n) is 5.56. The molecular formula is C26H20N5O4PS2. The first-order valence-corrected chi connectivity index (χ1v) is 14.5. The number of H-pyrrole nitrogens is 1. The molecule has 0 saturated carbocycles. The van der Waals surface area contributed by atoms with Crippen molar-refractivity contribution in [2.75, 3.05) is 4.72 Å². The van der Waals surface area contributed by atoms with E-state index in [1.54, 1.807) is 12.1 Å². The number of anilines is 1. The molecule has 0 bridgehead atoms. The van der Waals surface area contributed by atoms with Gasteiger partial charge in [0.15, 0.2) is 0 Å². The minimum Gasteiger partial charge on any atom is -0.478 e. The third kappa shape index (κ3) is 5.40. The van der Waals surface area contributed by atoms with E-state index in [0.717, 1.165) is 15.9 Å². The number of aromatic amines is 1. The second kappa shape index (κ2) is 10.7. The summed E-state index contributed by atoms with van der Waals surface area (Å²) in [6.45, 7) is 0. The molecule has 38 heavy (non-hydrogen) atoms. The van der Waals surface area contributed by atoms with E-state index in [1.165, 1.54) is 28.9 Å². The van der Waals surface area contributed by atoms with E-state index in [4.69, 9.17) is 12.2 Å². The van der Waals surface area contributed by atoms with Crippen molar-refractivity contribution >= 4 is 57.7 Å². The van der Waals surface area contributed by atoms with Crippen molar-refractivity contribution in [2.24, 2.45) is 0 Å². The zero-order valence-corrected chi connectivity index (χ0v) is 22.1. The lowest BCUT2D eigenvalue weighted by Crippen LogP contribution is -2.22. The van der Waals surface area contributed by atoms with Crippen LogP contribution in [-0.2, 0) is 10.0 Å². The summed E-state index contributed by atoms with van der Waals surface area (Å²) >= 11 is 5.10. The van der Waals surface area contributed by atoms with E-state index in [9.17, 15) is 18.3 Å². The Kier molecular flexibility index (Phi) is 7.15. The zero-order valence-electron chi connectivity index (χ0n) is 19.6. The van der Waals surface area contributed by atoms with Crippen molar-refractivity contribution in [3.63, 3.8) is 0 Å². The van der Waals surface area contributed by atoms with Crippen LogP contribution in [0.4, 0.5) is 5.69 Å². The molecule has 0 spiro atoms. The van der Waals surface area contributed by atoms with Gasteiger partial charge in [0, 0.05) is 0 Å². The van der Waals surface area contributed by atoms with Crippen LogP contribution in [0.15, 0.2) is 108 Å². The number of hydrogen-bond donors (Lipinski definition) is 3. The van der Waals surface area contributed by atoms with Crippen LogP contribution in [-0.4, -0.2) is 39.7 Å². The van der Waals surface area contributed by atoms with Crippen LogP contribution in [0, 0.1) is 4.77 Å². The van der Waals surface area contributed by atoms with Crippen molar-refractivity contribution in [3.05, 3.63) is 113 Å². The first-order valence-electron chi connectivity index (χ1n) is 11.2. The Hall–Kier alpha value is -4.18. The van der Waals surface area contributed by atoms with Gasteiger partial charge in [0.2, 0.25) is 4.77 Å². The standard InChI is InChI=1S/C26H20N5O4PS2/c32-25(33)18-14-19(16-20(15-18)31-26(37)27-29-30-31)28-38(34,35)24-13-7-12-23(17-24)36(21-8-3-1-4-9-21)22-10-5-2-6-11-22/h1-17,28H,(H,32,33)(H,27,30,37). The predicted octanol–water partition coefficient (Wildman–Crippen LogP) is 3.58. The molecule has 12 heteroatoms. The van der Waals surface area contributed by atoms with E-state index in [2.05, 4.69) is 20.2 Å². The van der Waals surface area contributed by atoms with Gasteiger partial charge >= 0.3 is 5.97 Å². The molecule has 1 aromatic heterocycles. The summed E-state index contributed by atoms with van der Waals surface area (Å²) < 4.78 is 30.8. The summed E-state index contributed by atoms with van der Waals surface area (Å²) in [5, 5.41) is 22.4. The van der Waals surface area contributed by atoms with Gasteiger partial charge in [-0.05, 0) is 66.4 Å². The van der Waals surface area contributed by atoms with Gasteiger partial charge in [-0.2, -0.15) is 5.21 Å². The molecule has 1 heterocycles. The number of nitrogens with one attached hydrogen (secondary N) is 2. The number of hydrogen-bond acceptors (Lipinski definition) is 6. The van der Waals surface area contributed by atoms with Gasteiger partial charge in [-0.1, -0.05) is 83.1 Å². The van der Waals surface area contributed by atoms with Crippen molar-refractivity contribution in [3.8, 4) is 5.69 Å². The summed E-state index contributed by atoms with van der Waals surface area (Å²) in [5.41, 5.74) is 0.181. The zero-order chi connectivity index (χ0) is 26.7. The predicted molar refractivity (Wildman–Crippen MR) is 149 cm³/mol. The highest BCUT2D eigenvalue weighted by atomic mass is 32.2. The fourth-order valence-electron chi connectivity index (χ4n) is 3.89. The maximum atomic E-state index is 13.5. The normalized spacial score (nSPS) is 11.4. The molecule has 0 aliphatic heterocycles. The Bertz CT molecular complexity index is 1730. The summed E-state index contributed by atoms with van der Waals surface area (Å²) in [4.78, 5) is 11.8. The van der Waals surface area contributed by atoms with E-state index >= 15 is 0 Å². The van der Waals surface area contributed by atoms with Crippen LogP contribution < -0.4 is 20.6 Å². The van der Waals surface area contributed by atoms with Gasteiger partial charge in [0.05, 0.1) is 21.8 Å². The molecule has 190 valence electrons. The monoisotopic (exact) mass is 561 g/mol. The quantitative estimate of drug-likeness (QED) is 0.195. The SMILES string of the molecule is O=C(O)c1cc(NS(=O)(=O)c2cccc(P(c3ccccc3)c3ccccc3)c2)cc(-n2[nH]nnc2=S)c1. The maximum Gasteiger partial charge on any atom is 0.335 e. The number of aromatic nitrogens is 4. The molecule has 0 radical (unpaired) electrons. The number of carbonyl (C=O) groups is 1. The average molecular weight is 562 g/mol. The number of sulfonamides is 1. The fraction of sp³-hybridized carbons (Fsp3) is 0. The number of benzene rings is 4. The highest BCUT2D eigenvalue weighted by molar-refractivity contribution is 7.92. The van der Waals surface area contributed by atoms with E-state index in [0.29, 0.717) is 0 Å². The average Bonchev–Trinajstić information content (AvgIpc) is 3.36. The second-order valence-corrected chi connectivity index (χ2v) is 12.4. The van der Waals surface area contributed by atoms with Crippen LogP contribution in [0.2, 0.25) is 0 Å². The van der Waals surface area contributed by atoms with Crippen molar-refractivity contribution in [1.29, 1.82) is 0 Å². The molecule has 0 fully saturated rings. The van der Waals surface area contributed by atoms with Gasteiger partial charge < -0.3 is 5.11 Å². The molecule has 3 N–H and O–H groups in total. The van der Waals surface area contributed by atoms with Crippen molar-refractivity contribution in [2.45, 2.75) is 4.90 Å². The number of tetrazole rings is 1. The van der Waals surface area contributed by atoms with E-state index in [1.807, 2.05) is 66.7 Å². The lowest BCUT2D eigenvalue weighted by Gasteiger charge is -2.20. The molecule has 0 atom stereocenters. The van der Waals surface area contributed by atoms with Crippen molar-refractivity contribution < 1.29 is 18.3 Å². The number of nitrogens with zero attached hydrogens (tertiary/aromatic N) is 3. The molecule has 0 saturated heterocycles. The van der Waals surface area contributed by atoms with Crippen LogP contribution in [0.1, 0.15) is 10.4 Å². The minimum absolute atomic E-state index is 0.0511. The Morgan fingerprint density at radius 2 is 1.50 bits per heavy atom. The van der Waals surface area contributed by atoms with Crippen LogP contribution in [0.5, 0.6) is 0 Å². The van der Waals surface area contributed by atoms with E-state index < -0.39 is 23.9 Å². The molecule has 5 aromatic rings. The fourth-order valence-corrected chi connectivity index (χ4v) is 7.59. The van der Waals surface area contributed by atoms with Crippen LogP contribution in [0.25, 0.3) is 5.69 Å². The summed E-state index contributed by atoms with van der Waals surface area (Å²) in [6.07, 6.45) is 0. The Morgan fingerprint density at radius 1 is 0.868 bits per heavy atom. The topological polar surface area (TPSA) is 130 Å². The molecule has 4 aromatic carbocycles. The highest BCUT2D eigenvalue weighted by Gasteiger charge is 2.21. The van der Waals surface area contributed by atoms with Crippen molar-refractivity contribution in [1.82, 2.24) is 20.2 Å². The minimum atomic E-state index is -4.08. The lowest BCUT2D eigenvalue weighted by atomic mass is 10.2. The van der Waals surface area contributed by atoms with Crippen LogP contribution >= 0.6 is 20.1 Å². The van der Waals surface area contributed by atoms with E-state index in [-0.39, 0.29) is 26.6 Å². The molecule has 0 amide bonds. The molecule has 0 aliphatic carbocycles. The summed E-state index contributed by atoms with van der Waals surface area (Å²) in [7, 11) is -5.10. The summed E-state index contributed by atoms with van der Waals surface area (Å²) in [5.74, 6) is -1.23.